The van der Waals surface area contributed by atoms with Crippen LogP contribution < -0.4 is 0 Å². The summed E-state index contributed by atoms with van der Waals surface area (Å²) in [6.45, 7) is 0. The summed E-state index contributed by atoms with van der Waals surface area (Å²) in [5.74, 6) is 0.897. The molecule has 112 valence electrons. The summed E-state index contributed by atoms with van der Waals surface area (Å²) in [5, 5.41) is 3.03. The zero-order valence-corrected chi connectivity index (χ0v) is 13.2. The molecule has 0 aromatic rings. The molecule has 0 saturated heterocycles. The van der Waals surface area contributed by atoms with Crippen LogP contribution in [-0.4, -0.2) is 8.42 Å². The van der Waals surface area contributed by atoms with Gasteiger partial charge in [-0.15, -0.1) is 0 Å². The van der Waals surface area contributed by atoms with Gasteiger partial charge in [0.1, 0.15) is 0 Å². The van der Waals surface area contributed by atoms with Crippen LogP contribution in [0.3, 0.4) is 0 Å². The number of sulfone groups is 1. The summed E-state index contributed by atoms with van der Waals surface area (Å²) < 4.78 is 24.1. The molecular formula is C18H22O2S. The summed E-state index contributed by atoms with van der Waals surface area (Å²) in [6.07, 6.45) is 14.3. The Bertz CT molecular complexity index is 689. The van der Waals surface area contributed by atoms with Crippen molar-refractivity contribution < 1.29 is 8.42 Å². The molecule has 21 heavy (non-hydrogen) atoms. The molecule has 2 atom stereocenters. The molecule has 1 aliphatic heterocycles. The maximum Gasteiger partial charge on any atom is 0.193 e. The molecule has 2 unspecified atom stereocenters. The maximum atomic E-state index is 12.0. The van der Waals surface area contributed by atoms with E-state index in [9.17, 15) is 8.42 Å². The first-order chi connectivity index (χ1) is 10.1. The molecule has 0 aromatic heterocycles. The Balaban J connectivity index is 1.84. The highest BCUT2D eigenvalue weighted by Gasteiger charge is 2.39. The summed E-state index contributed by atoms with van der Waals surface area (Å²) >= 11 is 0. The van der Waals surface area contributed by atoms with Crippen LogP contribution in [0.4, 0.5) is 0 Å². The monoisotopic (exact) mass is 302 g/mol. The van der Waals surface area contributed by atoms with Gasteiger partial charge in [-0.05, 0) is 62.0 Å². The SMILES string of the molecule is O=S1(=O)C=C2C=C3CCCCC3C(C3=CCCCC3)C2=C1. The van der Waals surface area contributed by atoms with Gasteiger partial charge in [0.25, 0.3) is 0 Å². The van der Waals surface area contributed by atoms with E-state index in [2.05, 4.69) is 12.2 Å². The standard InChI is InChI=1S/C18H22O2S/c19-21(20)11-15-10-14-8-4-5-9-16(14)18(17(15)12-21)13-6-2-1-3-7-13/h6,10-12,16,18H,1-5,7-9H2. The minimum Gasteiger partial charge on any atom is -0.220 e. The normalized spacial score (nSPS) is 34.1. The van der Waals surface area contributed by atoms with Crippen molar-refractivity contribution in [1.82, 2.24) is 0 Å². The molecule has 0 spiro atoms. The summed E-state index contributed by atoms with van der Waals surface area (Å²) in [4.78, 5) is 0. The third-order valence-electron chi connectivity index (χ3n) is 5.43. The second-order valence-electron chi connectivity index (χ2n) is 6.81. The number of allylic oxidation sites excluding steroid dienone is 6. The van der Waals surface area contributed by atoms with Crippen LogP contribution in [0.5, 0.6) is 0 Å². The Morgan fingerprint density at radius 3 is 2.57 bits per heavy atom. The van der Waals surface area contributed by atoms with E-state index in [4.69, 9.17) is 0 Å². The third-order valence-corrected chi connectivity index (χ3v) is 6.59. The molecule has 4 rings (SSSR count). The highest BCUT2D eigenvalue weighted by molar-refractivity contribution is 7.97. The third kappa shape index (κ3) is 2.36. The predicted molar refractivity (Wildman–Crippen MR) is 85.2 cm³/mol. The van der Waals surface area contributed by atoms with Crippen molar-refractivity contribution >= 4 is 9.84 Å². The van der Waals surface area contributed by atoms with Gasteiger partial charge in [-0.25, -0.2) is 8.42 Å². The highest BCUT2D eigenvalue weighted by Crippen LogP contribution is 2.51. The molecule has 3 heteroatoms. The molecule has 2 nitrogen and oxygen atoms in total. The van der Waals surface area contributed by atoms with Crippen LogP contribution in [0.15, 0.2) is 45.3 Å². The van der Waals surface area contributed by atoms with Crippen LogP contribution in [0.1, 0.15) is 51.4 Å². The van der Waals surface area contributed by atoms with Gasteiger partial charge in [-0.1, -0.05) is 29.7 Å². The van der Waals surface area contributed by atoms with Gasteiger partial charge in [-0.2, -0.15) is 0 Å². The Hall–Kier alpha value is -1.09. The second kappa shape index (κ2) is 4.98. The van der Waals surface area contributed by atoms with Crippen molar-refractivity contribution in [2.45, 2.75) is 51.4 Å². The molecule has 3 aliphatic carbocycles. The number of hydrogen-bond donors (Lipinski definition) is 0. The van der Waals surface area contributed by atoms with E-state index in [-0.39, 0.29) is 0 Å². The summed E-state index contributed by atoms with van der Waals surface area (Å²) in [6, 6.07) is 0. The zero-order chi connectivity index (χ0) is 14.4. The van der Waals surface area contributed by atoms with E-state index in [0.29, 0.717) is 11.8 Å². The van der Waals surface area contributed by atoms with Crippen molar-refractivity contribution in [1.29, 1.82) is 0 Å². The quantitative estimate of drug-likeness (QED) is 0.671. The average Bonchev–Trinajstić information content (AvgIpc) is 2.78. The van der Waals surface area contributed by atoms with E-state index in [1.54, 1.807) is 5.41 Å². The first-order valence-electron chi connectivity index (χ1n) is 8.22. The lowest BCUT2D eigenvalue weighted by Crippen LogP contribution is -2.28. The number of hydrogen-bond acceptors (Lipinski definition) is 2. The minimum absolute atomic E-state index is 0.342. The van der Waals surface area contributed by atoms with Gasteiger partial charge >= 0.3 is 0 Å². The molecular weight excluding hydrogens is 280 g/mol. The van der Waals surface area contributed by atoms with Crippen LogP contribution in [0.25, 0.3) is 0 Å². The van der Waals surface area contributed by atoms with E-state index in [1.807, 2.05) is 0 Å². The first kappa shape index (κ1) is 13.6. The molecule has 1 saturated carbocycles. The molecule has 0 radical (unpaired) electrons. The Morgan fingerprint density at radius 2 is 1.76 bits per heavy atom. The fraction of sp³-hybridized carbons (Fsp3) is 0.556. The lowest BCUT2D eigenvalue weighted by atomic mass is 9.64. The van der Waals surface area contributed by atoms with Gasteiger partial charge in [0.2, 0.25) is 0 Å². The highest BCUT2D eigenvalue weighted by atomic mass is 32.2. The first-order valence-corrected chi connectivity index (χ1v) is 9.83. The fourth-order valence-electron chi connectivity index (χ4n) is 4.54. The summed E-state index contributed by atoms with van der Waals surface area (Å²) in [5.41, 5.74) is 5.06. The maximum absolute atomic E-state index is 12.0. The van der Waals surface area contributed by atoms with Crippen molar-refractivity contribution in [2.24, 2.45) is 11.8 Å². The Morgan fingerprint density at radius 1 is 0.952 bits per heavy atom. The van der Waals surface area contributed by atoms with Crippen LogP contribution in [-0.2, 0) is 9.84 Å². The average molecular weight is 302 g/mol. The van der Waals surface area contributed by atoms with Crippen molar-refractivity contribution in [3.05, 3.63) is 45.3 Å². The summed E-state index contributed by atoms with van der Waals surface area (Å²) in [7, 11) is -3.14. The number of fused-ring (bicyclic) bond motifs is 2. The van der Waals surface area contributed by atoms with E-state index >= 15 is 0 Å². The Labute approximate surface area is 127 Å². The van der Waals surface area contributed by atoms with Gasteiger partial charge in [-0.3, -0.25) is 0 Å². The molecule has 0 bridgehead atoms. The van der Waals surface area contributed by atoms with Gasteiger partial charge < -0.3 is 0 Å². The van der Waals surface area contributed by atoms with Crippen LogP contribution >= 0.6 is 0 Å². The molecule has 1 fully saturated rings. The molecule has 0 N–H and O–H groups in total. The van der Waals surface area contributed by atoms with Crippen molar-refractivity contribution in [3.8, 4) is 0 Å². The van der Waals surface area contributed by atoms with E-state index < -0.39 is 9.84 Å². The molecule has 0 aromatic carbocycles. The molecule has 1 heterocycles. The van der Waals surface area contributed by atoms with Gasteiger partial charge in [0.15, 0.2) is 9.84 Å². The van der Waals surface area contributed by atoms with Gasteiger partial charge in [0.05, 0.1) is 0 Å². The smallest absolute Gasteiger partial charge is 0.193 e. The molecule has 4 aliphatic rings. The molecule has 0 amide bonds. The van der Waals surface area contributed by atoms with Gasteiger partial charge in [0, 0.05) is 16.7 Å². The van der Waals surface area contributed by atoms with E-state index in [1.165, 1.54) is 48.7 Å². The predicted octanol–water partition coefficient (Wildman–Crippen LogP) is 4.43. The van der Waals surface area contributed by atoms with Crippen molar-refractivity contribution in [3.63, 3.8) is 0 Å². The fourth-order valence-corrected chi connectivity index (χ4v) is 5.80. The zero-order valence-electron chi connectivity index (χ0n) is 12.3. The second-order valence-corrected chi connectivity index (χ2v) is 8.46. The van der Waals surface area contributed by atoms with E-state index in [0.717, 1.165) is 30.4 Å². The van der Waals surface area contributed by atoms with Crippen LogP contribution in [0, 0.1) is 11.8 Å². The minimum atomic E-state index is -3.14. The largest absolute Gasteiger partial charge is 0.220 e. The van der Waals surface area contributed by atoms with Crippen molar-refractivity contribution in [2.75, 3.05) is 0 Å². The van der Waals surface area contributed by atoms with Crippen LogP contribution in [0.2, 0.25) is 0 Å². The topological polar surface area (TPSA) is 34.1 Å². The lowest BCUT2D eigenvalue weighted by Gasteiger charge is -2.40. The Kier molecular flexibility index (Phi) is 3.21. The lowest BCUT2D eigenvalue weighted by molar-refractivity contribution is 0.369. The number of rotatable bonds is 1.